The first-order valence-electron chi connectivity index (χ1n) is 7.66. The molecule has 2 aliphatic heterocycles. The second kappa shape index (κ2) is 6.49. The van der Waals surface area contributed by atoms with Crippen LogP contribution in [0.25, 0.3) is 0 Å². The van der Waals surface area contributed by atoms with E-state index in [4.69, 9.17) is 4.74 Å². The molecule has 1 atom stereocenters. The highest BCUT2D eigenvalue weighted by Gasteiger charge is 2.31. The van der Waals surface area contributed by atoms with Crippen LogP contribution in [0.15, 0.2) is 0 Å². The third-order valence-electron chi connectivity index (χ3n) is 3.65. The monoisotopic (exact) mass is 278 g/mol. The fourth-order valence-corrected chi connectivity index (χ4v) is 2.67. The number of likely N-dealkylation sites (tertiary alicyclic amines) is 2. The van der Waals surface area contributed by atoms with E-state index in [1.165, 1.54) is 12.8 Å². The van der Waals surface area contributed by atoms with Crippen molar-refractivity contribution in [3.8, 4) is 11.8 Å². The second-order valence-electron chi connectivity index (χ2n) is 6.64. The number of carbonyl (C=O) groups is 1. The van der Waals surface area contributed by atoms with Crippen molar-refractivity contribution in [2.45, 2.75) is 58.1 Å². The van der Waals surface area contributed by atoms with Crippen molar-refractivity contribution in [3.63, 3.8) is 0 Å². The zero-order chi connectivity index (χ0) is 14.6. The molecule has 0 aromatic rings. The summed E-state index contributed by atoms with van der Waals surface area (Å²) in [5.41, 5.74) is -0.437. The van der Waals surface area contributed by atoms with E-state index < -0.39 is 5.60 Å². The van der Waals surface area contributed by atoms with E-state index in [1.807, 2.05) is 20.8 Å². The van der Waals surface area contributed by atoms with Crippen molar-refractivity contribution in [2.75, 3.05) is 26.2 Å². The van der Waals surface area contributed by atoms with Gasteiger partial charge in [-0.25, -0.2) is 4.79 Å². The average Bonchev–Trinajstić information content (AvgIpc) is 2.97. The van der Waals surface area contributed by atoms with Crippen LogP contribution in [-0.4, -0.2) is 53.7 Å². The molecule has 2 saturated heterocycles. The minimum atomic E-state index is -0.437. The van der Waals surface area contributed by atoms with Gasteiger partial charge in [-0.15, -0.1) is 0 Å². The SMILES string of the molecule is CC(C)(C)OC(=O)N1CCC[C@@H]1C#CCN1CCCC1. The Kier molecular flexibility index (Phi) is 4.93. The van der Waals surface area contributed by atoms with Crippen molar-refractivity contribution in [1.82, 2.24) is 9.80 Å². The molecule has 0 aromatic carbocycles. The number of ether oxygens (including phenoxy) is 1. The number of nitrogens with zero attached hydrogens (tertiary/aromatic N) is 2. The topological polar surface area (TPSA) is 32.8 Å². The summed E-state index contributed by atoms with van der Waals surface area (Å²) in [6.45, 7) is 9.61. The lowest BCUT2D eigenvalue weighted by molar-refractivity contribution is 0.0261. The zero-order valence-electron chi connectivity index (χ0n) is 12.9. The van der Waals surface area contributed by atoms with E-state index in [9.17, 15) is 4.79 Å². The second-order valence-corrected chi connectivity index (χ2v) is 6.64. The van der Waals surface area contributed by atoms with Gasteiger partial charge in [0.15, 0.2) is 0 Å². The molecule has 0 saturated carbocycles. The minimum absolute atomic E-state index is 0.0347. The Morgan fingerprint density at radius 2 is 1.90 bits per heavy atom. The van der Waals surface area contributed by atoms with Gasteiger partial charge in [0.25, 0.3) is 0 Å². The van der Waals surface area contributed by atoms with Gasteiger partial charge >= 0.3 is 6.09 Å². The normalized spacial score (nSPS) is 23.6. The highest BCUT2D eigenvalue weighted by atomic mass is 16.6. The molecule has 0 aromatic heterocycles. The first-order chi connectivity index (χ1) is 9.46. The maximum Gasteiger partial charge on any atom is 0.411 e. The number of carbonyl (C=O) groups excluding carboxylic acids is 1. The first-order valence-corrected chi connectivity index (χ1v) is 7.66. The van der Waals surface area contributed by atoms with Crippen LogP contribution in [-0.2, 0) is 4.74 Å². The first kappa shape index (κ1) is 15.2. The minimum Gasteiger partial charge on any atom is -0.444 e. The van der Waals surface area contributed by atoms with E-state index in [-0.39, 0.29) is 12.1 Å². The van der Waals surface area contributed by atoms with Crippen LogP contribution >= 0.6 is 0 Å². The van der Waals surface area contributed by atoms with Crippen LogP contribution in [0.5, 0.6) is 0 Å². The molecule has 0 spiro atoms. The zero-order valence-corrected chi connectivity index (χ0v) is 12.9. The van der Waals surface area contributed by atoms with Gasteiger partial charge in [0.05, 0.1) is 12.6 Å². The molecule has 4 heteroatoms. The van der Waals surface area contributed by atoms with Crippen LogP contribution < -0.4 is 0 Å². The lowest BCUT2D eigenvalue weighted by atomic mass is 10.2. The summed E-state index contributed by atoms with van der Waals surface area (Å²) < 4.78 is 5.44. The van der Waals surface area contributed by atoms with Crippen LogP contribution in [0.4, 0.5) is 4.79 Å². The van der Waals surface area contributed by atoms with Crippen molar-refractivity contribution < 1.29 is 9.53 Å². The van der Waals surface area contributed by atoms with Crippen molar-refractivity contribution in [2.24, 2.45) is 0 Å². The van der Waals surface area contributed by atoms with E-state index >= 15 is 0 Å². The van der Waals surface area contributed by atoms with Crippen LogP contribution in [0.2, 0.25) is 0 Å². The summed E-state index contributed by atoms with van der Waals surface area (Å²) in [4.78, 5) is 16.3. The quantitative estimate of drug-likeness (QED) is 0.691. The Labute approximate surface area is 122 Å². The van der Waals surface area contributed by atoms with Crippen LogP contribution in [0, 0.1) is 11.8 Å². The van der Waals surface area contributed by atoms with E-state index in [2.05, 4.69) is 16.7 Å². The van der Waals surface area contributed by atoms with Gasteiger partial charge in [-0.05, 0) is 59.5 Å². The predicted molar refractivity (Wildman–Crippen MR) is 79.4 cm³/mol. The summed E-state index contributed by atoms with van der Waals surface area (Å²) in [6, 6.07) is 0.0347. The van der Waals surface area contributed by atoms with E-state index in [1.54, 1.807) is 4.90 Å². The Bertz CT molecular complexity index is 397. The Morgan fingerprint density at radius 3 is 2.55 bits per heavy atom. The van der Waals surface area contributed by atoms with Crippen molar-refractivity contribution >= 4 is 6.09 Å². The summed E-state index contributed by atoms with van der Waals surface area (Å²) in [7, 11) is 0. The molecule has 0 unspecified atom stereocenters. The van der Waals surface area contributed by atoms with Crippen molar-refractivity contribution in [3.05, 3.63) is 0 Å². The Morgan fingerprint density at radius 1 is 1.20 bits per heavy atom. The maximum absolute atomic E-state index is 12.1. The summed E-state index contributed by atoms with van der Waals surface area (Å²) in [5.74, 6) is 6.50. The molecular weight excluding hydrogens is 252 g/mol. The standard InChI is InChI=1S/C16H26N2O2/c1-16(2,3)20-15(19)18-13-7-9-14(18)8-6-12-17-10-4-5-11-17/h14H,4-5,7,9-13H2,1-3H3/t14-/m0/s1. The summed E-state index contributed by atoms with van der Waals surface area (Å²) in [5, 5.41) is 0. The van der Waals surface area contributed by atoms with Gasteiger partial charge in [-0.2, -0.15) is 0 Å². The molecule has 20 heavy (non-hydrogen) atoms. The molecule has 2 rings (SSSR count). The van der Waals surface area contributed by atoms with Gasteiger partial charge in [0.1, 0.15) is 5.60 Å². The maximum atomic E-state index is 12.1. The Hall–Kier alpha value is -1.21. The fourth-order valence-electron chi connectivity index (χ4n) is 2.67. The highest BCUT2D eigenvalue weighted by molar-refractivity contribution is 5.69. The van der Waals surface area contributed by atoms with Gasteiger partial charge in [-0.1, -0.05) is 11.8 Å². The molecule has 2 fully saturated rings. The molecule has 2 heterocycles. The third kappa shape index (κ3) is 4.42. The third-order valence-corrected chi connectivity index (χ3v) is 3.65. The van der Waals surface area contributed by atoms with Gasteiger partial charge in [-0.3, -0.25) is 9.80 Å². The number of hydrogen-bond donors (Lipinski definition) is 0. The van der Waals surface area contributed by atoms with Gasteiger partial charge < -0.3 is 4.74 Å². The molecule has 0 radical (unpaired) electrons. The van der Waals surface area contributed by atoms with E-state index in [0.717, 1.165) is 39.0 Å². The molecule has 2 aliphatic rings. The fraction of sp³-hybridized carbons (Fsp3) is 0.812. The largest absolute Gasteiger partial charge is 0.444 e. The molecule has 4 nitrogen and oxygen atoms in total. The molecule has 0 aliphatic carbocycles. The lowest BCUT2D eigenvalue weighted by Crippen LogP contribution is -2.39. The number of amides is 1. The van der Waals surface area contributed by atoms with Gasteiger partial charge in [0.2, 0.25) is 0 Å². The van der Waals surface area contributed by atoms with Gasteiger partial charge in [0, 0.05) is 6.54 Å². The molecular formula is C16H26N2O2. The smallest absolute Gasteiger partial charge is 0.411 e. The van der Waals surface area contributed by atoms with Crippen LogP contribution in [0.1, 0.15) is 46.5 Å². The average molecular weight is 278 g/mol. The lowest BCUT2D eigenvalue weighted by Gasteiger charge is -2.26. The molecule has 0 bridgehead atoms. The highest BCUT2D eigenvalue weighted by Crippen LogP contribution is 2.20. The summed E-state index contributed by atoms with van der Waals surface area (Å²) >= 11 is 0. The van der Waals surface area contributed by atoms with Crippen molar-refractivity contribution in [1.29, 1.82) is 0 Å². The number of hydrogen-bond acceptors (Lipinski definition) is 3. The summed E-state index contributed by atoms with van der Waals surface area (Å²) in [6.07, 6.45) is 4.33. The molecule has 1 amide bonds. The number of rotatable bonds is 1. The predicted octanol–water partition coefficient (Wildman–Crippen LogP) is 2.49. The molecule has 112 valence electrons. The van der Waals surface area contributed by atoms with Crippen LogP contribution in [0.3, 0.4) is 0 Å². The van der Waals surface area contributed by atoms with E-state index in [0.29, 0.717) is 0 Å². The Balaban J connectivity index is 1.86. The molecule has 0 N–H and O–H groups in total.